The van der Waals surface area contributed by atoms with Crippen molar-refractivity contribution in [1.29, 1.82) is 0 Å². The fraction of sp³-hybridized carbons (Fsp3) is 0.0909. The van der Waals surface area contributed by atoms with Crippen LogP contribution in [0.25, 0.3) is 11.3 Å². The van der Waals surface area contributed by atoms with Gasteiger partial charge in [-0.25, -0.2) is 9.97 Å². The van der Waals surface area contributed by atoms with Crippen LogP contribution in [0.3, 0.4) is 0 Å². The summed E-state index contributed by atoms with van der Waals surface area (Å²) in [6, 6.07) is 9.89. The van der Waals surface area contributed by atoms with Crippen LogP contribution in [0.1, 0.15) is 5.56 Å². The lowest BCUT2D eigenvalue weighted by Crippen LogP contribution is -1.90. The molecule has 15 heavy (non-hydrogen) atoms. The van der Waals surface area contributed by atoms with Crippen molar-refractivity contribution in [1.82, 2.24) is 9.97 Å². The first kappa shape index (κ1) is 10.6. The highest BCUT2D eigenvalue weighted by atomic mass is 79.9. The third-order valence-corrected chi connectivity index (χ3v) is 2.66. The van der Waals surface area contributed by atoms with E-state index in [1.54, 1.807) is 0 Å². The van der Waals surface area contributed by atoms with E-state index in [0.717, 1.165) is 11.3 Å². The average Bonchev–Trinajstić information content (AvgIpc) is 2.16. The number of halogens is 2. The van der Waals surface area contributed by atoms with Crippen molar-refractivity contribution in [3.63, 3.8) is 0 Å². The van der Waals surface area contributed by atoms with Crippen molar-refractivity contribution >= 4 is 27.5 Å². The van der Waals surface area contributed by atoms with Gasteiger partial charge in [-0.3, -0.25) is 0 Å². The summed E-state index contributed by atoms with van der Waals surface area (Å²) in [4.78, 5) is 8.15. The van der Waals surface area contributed by atoms with Crippen LogP contribution in [-0.4, -0.2) is 9.97 Å². The molecule has 0 saturated heterocycles. The molecule has 0 aliphatic carbocycles. The SMILES string of the molecule is Cc1ccccc1-c1cc(Br)nc(Cl)n1. The molecule has 0 radical (unpaired) electrons. The molecule has 2 nitrogen and oxygen atoms in total. The second kappa shape index (κ2) is 4.29. The zero-order valence-corrected chi connectivity index (χ0v) is 10.4. The van der Waals surface area contributed by atoms with Gasteiger partial charge in [-0.15, -0.1) is 0 Å². The number of nitrogens with zero attached hydrogens (tertiary/aromatic N) is 2. The quantitative estimate of drug-likeness (QED) is 0.586. The normalized spacial score (nSPS) is 10.3. The van der Waals surface area contributed by atoms with E-state index in [0.29, 0.717) is 4.60 Å². The smallest absolute Gasteiger partial charge is 0.218 e. The highest BCUT2D eigenvalue weighted by Crippen LogP contribution is 2.24. The van der Waals surface area contributed by atoms with Crippen molar-refractivity contribution in [3.05, 3.63) is 45.8 Å². The molecular formula is C11H8BrClN2. The fourth-order valence-electron chi connectivity index (χ4n) is 1.39. The lowest BCUT2D eigenvalue weighted by Gasteiger charge is -2.05. The molecule has 0 saturated carbocycles. The Balaban J connectivity index is 2.59. The topological polar surface area (TPSA) is 25.8 Å². The van der Waals surface area contributed by atoms with Crippen molar-refractivity contribution in [3.8, 4) is 11.3 Å². The second-order valence-corrected chi connectivity index (χ2v) is 4.31. The molecule has 4 heteroatoms. The maximum atomic E-state index is 5.80. The largest absolute Gasteiger partial charge is 0.223 e. The van der Waals surface area contributed by atoms with E-state index in [4.69, 9.17) is 11.6 Å². The van der Waals surface area contributed by atoms with Crippen LogP contribution in [-0.2, 0) is 0 Å². The lowest BCUT2D eigenvalue weighted by molar-refractivity contribution is 1.14. The first-order valence-corrected chi connectivity index (χ1v) is 5.60. The highest BCUT2D eigenvalue weighted by molar-refractivity contribution is 9.10. The predicted molar refractivity (Wildman–Crippen MR) is 64.9 cm³/mol. The maximum absolute atomic E-state index is 5.80. The zero-order chi connectivity index (χ0) is 10.8. The standard InChI is InChI=1S/C11H8BrClN2/c1-7-4-2-3-5-8(7)9-6-10(12)15-11(13)14-9/h2-6H,1H3. The van der Waals surface area contributed by atoms with E-state index < -0.39 is 0 Å². The predicted octanol–water partition coefficient (Wildman–Crippen LogP) is 3.87. The van der Waals surface area contributed by atoms with Crippen LogP contribution in [0.5, 0.6) is 0 Å². The molecule has 76 valence electrons. The van der Waals surface area contributed by atoms with Crippen LogP contribution in [0.4, 0.5) is 0 Å². The second-order valence-electron chi connectivity index (χ2n) is 3.16. The maximum Gasteiger partial charge on any atom is 0.223 e. The molecule has 0 amide bonds. The molecule has 0 aliphatic rings. The van der Waals surface area contributed by atoms with E-state index >= 15 is 0 Å². The molecule has 2 rings (SSSR count). The van der Waals surface area contributed by atoms with Gasteiger partial charge in [-0.05, 0) is 46.1 Å². The first-order chi connectivity index (χ1) is 7.16. The first-order valence-electron chi connectivity index (χ1n) is 4.43. The molecule has 0 atom stereocenters. The highest BCUT2D eigenvalue weighted by Gasteiger charge is 2.05. The Hall–Kier alpha value is -0.930. The Bertz CT molecular complexity index is 479. The van der Waals surface area contributed by atoms with Crippen LogP contribution >= 0.6 is 27.5 Å². The zero-order valence-electron chi connectivity index (χ0n) is 8.04. The van der Waals surface area contributed by atoms with E-state index in [1.807, 2.05) is 37.3 Å². The lowest BCUT2D eigenvalue weighted by atomic mass is 10.1. The Labute approximate surface area is 101 Å². The molecule has 2 aromatic rings. The summed E-state index contributed by atoms with van der Waals surface area (Å²) in [5.41, 5.74) is 3.07. The molecule has 0 fully saturated rings. The van der Waals surface area contributed by atoms with E-state index in [-0.39, 0.29) is 5.28 Å². The van der Waals surface area contributed by atoms with Gasteiger partial charge in [0, 0.05) is 5.56 Å². The summed E-state index contributed by atoms with van der Waals surface area (Å²) in [5.74, 6) is 0. The van der Waals surface area contributed by atoms with Gasteiger partial charge < -0.3 is 0 Å². The van der Waals surface area contributed by atoms with Crippen molar-refractivity contribution < 1.29 is 0 Å². The summed E-state index contributed by atoms with van der Waals surface area (Å²) in [6.07, 6.45) is 0. The average molecular weight is 284 g/mol. The van der Waals surface area contributed by atoms with Gasteiger partial charge in [0.2, 0.25) is 5.28 Å². The Morgan fingerprint density at radius 2 is 1.93 bits per heavy atom. The minimum atomic E-state index is 0.252. The molecular weight excluding hydrogens is 275 g/mol. The Kier molecular flexibility index (Phi) is 3.03. The molecule has 1 aromatic carbocycles. The minimum Gasteiger partial charge on any atom is -0.218 e. The number of aromatic nitrogens is 2. The van der Waals surface area contributed by atoms with Gasteiger partial charge in [0.25, 0.3) is 0 Å². The number of benzene rings is 1. The molecule has 0 spiro atoms. The number of rotatable bonds is 1. The molecule has 0 aliphatic heterocycles. The number of hydrogen-bond acceptors (Lipinski definition) is 2. The van der Waals surface area contributed by atoms with Crippen molar-refractivity contribution in [2.75, 3.05) is 0 Å². The molecule has 0 N–H and O–H groups in total. The van der Waals surface area contributed by atoms with Gasteiger partial charge in [0.1, 0.15) is 4.60 Å². The van der Waals surface area contributed by atoms with Gasteiger partial charge >= 0.3 is 0 Å². The summed E-state index contributed by atoms with van der Waals surface area (Å²) >= 11 is 9.10. The monoisotopic (exact) mass is 282 g/mol. The van der Waals surface area contributed by atoms with Crippen LogP contribution in [0, 0.1) is 6.92 Å². The fourth-order valence-corrected chi connectivity index (χ4v) is 2.06. The van der Waals surface area contributed by atoms with Gasteiger partial charge in [0.15, 0.2) is 0 Å². The molecule has 0 unspecified atom stereocenters. The number of aryl methyl sites for hydroxylation is 1. The molecule has 1 heterocycles. The third kappa shape index (κ3) is 2.36. The summed E-state index contributed by atoms with van der Waals surface area (Å²) in [5, 5.41) is 0.252. The van der Waals surface area contributed by atoms with Crippen LogP contribution in [0.15, 0.2) is 34.9 Å². The summed E-state index contributed by atoms with van der Waals surface area (Å²) < 4.78 is 0.695. The van der Waals surface area contributed by atoms with E-state index in [2.05, 4.69) is 25.9 Å². The third-order valence-electron chi connectivity index (χ3n) is 2.09. The van der Waals surface area contributed by atoms with Gasteiger partial charge in [-0.2, -0.15) is 0 Å². The van der Waals surface area contributed by atoms with Crippen LogP contribution in [0.2, 0.25) is 5.28 Å². The van der Waals surface area contributed by atoms with Gasteiger partial charge in [-0.1, -0.05) is 24.3 Å². The van der Waals surface area contributed by atoms with Crippen LogP contribution < -0.4 is 0 Å². The van der Waals surface area contributed by atoms with E-state index in [9.17, 15) is 0 Å². The Morgan fingerprint density at radius 3 is 2.60 bits per heavy atom. The van der Waals surface area contributed by atoms with Crippen molar-refractivity contribution in [2.45, 2.75) is 6.92 Å². The number of hydrogen-bond donors (Lipinski definition) is 0. The molecule has 1 aromatic heterocycles. The summed E-state index contributed by atoms with van der Waals surface area (Å²) in [7, 11) is 0. The summed E-state index contributed by atoms with van der Waals surface area (Å²) in [6.45, 7) is 2.04. The molecule has 0 bridgehead atoms. The van der Waals surface area contributed by atoms with Gasteiger partial charge in [0.05, 0.1) is 5.69 Å². The minimum absolute atomic E-state index is 0.252. The van der Waals surface area contributed by atoms with E-state index in [1.165, 1.54) is 5.56 Å². The van der Waals surface area contributed by atoms with Crippen molar-refractivity contribution in [2.24, 2.45) is 0 Å². The Morgan fingerprint density at radius 1 is 1.20 bits per heavy atom.